The van der Waals surface area contributed by atoms with E-state index < -0.39 is 0 Å². The molecule has 3 rings (SSSR count). The van der Waals surface area contributed by atoms with Crippen LogP contribution in [0.15, 0.2) is 42.5 Å². The van der Waals surface area contributed by atoms with Gasteiger partial charge in [-0.2, -0.15) is 0 Å². The van der Waals surface area contributed by atoms with Gasteiger partial charge in [0.25, 0.3) is 0 Å². The third-order valence-corrected chi connectivity index (χ3v) is 5.12. The third kappa shape index (κ3) is 5.89. The van der Waals surface area contributed by atoms with E-state index in [1.54, 1.807) is 6.07 Å². The molecule has 3 nitrogen and oxygen atoms in total. The fraction of sp³-hybridized carbons (Fsp3) is 0.400. The molecule has 0 unspecified atom stereocenters. The minimum atomic E-state index is 0.432. The van der Waals surface area contributed by atoms with E-state index in [0.29, 0.717) is 16.7 Å². The van der Waals surface area contributed by atoms with Crippen LogP contribution in [0.1, 0.15) is 24.0 Å². The van der Waals surface area contributed by atoms with Gasteiger partial charge in [0.05, 0.1) is 0 Å². The Labute approximate surface area is 159 Å². The van der Waals surface area contributed by atoms with Crippen LogP contribution in [0.2, 0.25) is 10.0 Å². The van der Waals surface area contributed by atoms with Crippen LogP contribution in [0.25, 0.3) is 0 Å². The van der Waals surface area contributed by atoms with E-state index >= 15 is 0 Å². The molecule has 0 aliphatic carbocycles. The number of rotatable bonds is 7. The first-order valence-corrected chi connectivity index (χ1v) is 9.53. The first-order valence-electron chi connectivity index (χ1n) is 8.78. The van der Waals surface area contributed by atoms with E-state index in [1.807, 2.05) is 24.3 Å². The smallest absolute Gasteiger partial charge is 0.120 e. The van der Waals surface area contributed by atoms with Gasteiger partial charge in [0.1, 0.15) is 12.4 Å². The molecule has 0 atom stereocenters. The van der Waals surface area contributed by atoms with Crippen LogP contribution in [0, 0.1) is 5.92 Å². The lowest BCUT2D eigenvalue weighted by Crippen LogP contribution is -2.33. The summed E-state index contributed by atoms with van der Waals surface area (Å²) in [5.41, 5.74) is 2.16. The minimum Gasteiger partial charge on any atom is -0.489 e. The summed E-state index contributed by atoms with van der Waals surface area (Å²) in [5.74, 6) is 1.64. The van der Waals surface area contributed by atoms with Crippen molar-refractivity contribution in [3.63, 3.8) is 0 Å². The van der Waals surface area contributed by atoms with Gasteiger partial charge in [-0.1, -0.05) is 41.4 Å². The number of hydrogen-bond acceptors (Lipinski definition) is 3. The van der Waals surface area contributed by atoms with Crippen molar-refractivity contribution in [1.29, 1.82) is 0 Å². The maximum absolute atomic E-state index is 6.19. The maximum atomic E-state index is 6.19. The van der Waals surface area contributed by atoms with Crippen molar-refractivity contribution >= 4 is 23.2 Å². The molecule has 134 valence electrons. The van der Waals surface area contributed by atoms with Crippen LogP contribution >= 0.6 is 23.2 Å². The molecule has 0 spiro atoms. The minimum absolute atomic E-state index is 0.432. The molecular formula is C20H24Cl2N2O. The number of benzene rings is 2. The summed E-state index contributed by atoms with van der Waals surface area (Å²) < 4.78 is 5.89. The number of nitrogens with one attached hydrogen (secondary N) is 2. The van der Waals surface area contributed by atoms with Crippen molar-refractivity contribution in [1.82, 2.24) is 10.6 Å². The Hall–Kier alpha value is -1.26. The first kappa shape index (κ1) is 18.5. The Morgan fingerprint density at radius 1 is 1.08 bits per heavy atom. The predicted molar refractivity (Wildman–Crippen MR) is 105 cm³/mol. The second kappa shape index (κ2) is 9.44. The molecule has 0 saturated carbocycles. The molecule has 0 aromatic heterocycles. The number of halogens is 2. The highest BCUT2D eigenvalue weighted by Crippen LogP contribution is 2.23. The topological polar surface area (TPSA) is 33.3 Å². The summed E-state index contributed by atoms with van der Waals surface area (Å²) in [6, 6.07) is 13.7. The summed E-state index contributed by atoms with van der Waals surface area (Å²) in [7, 11) is 0. The summed E-state index contributed by atoms with van der Waals surface area (Å²) in [4.78, 5) is 0. The Balaban J connectivity index is 1.48. The predicted octanol–water partition coefficient (Wildman–Crippen LogP) is 4.66. The lowest BCUT2D eigenvalue weighted by molar-refractivity contribution is 0.306. The monoisotopic (exact) mass is 378 g/mol. The molecule has 25 heavy (non-hydrogen) atoms. The van der Waals surface area contributed by atoms with E-state index in [2.05, 4.69) is 22.8 Å². The van der Waals surface area contributed by atoms with E-state index in [0.717, 1.165) is 43.4 Å². The molecule has 0 bridgehead atoms. The molecule has 1 fully saturated rings. The first-order chi connectivity index (χ1) is 12.2. The lowest BCUT2D eigenvalue weighted by Gasteiger charge is -2.22. The van der Waals surface area contributed by atoms with E-state index in [-0.39, 0.29) is 0 Å². The molecule has 1 saturated heterocycles. The van der Waals surface area contributed by atoms with Crippen molar-refractivity contribution in [2.24, 2.45) is 5.92 Å². The van der Waals surface area contributed by atoms with Crippen LogP contribution in [0.5, 0.6) is 5.75 Å². The number of piperidine rings is 1. The van der Waals surface area contributed by atoms with Gasteiger partial charge in [-0.25, -0.2) is 0 Å². The summed E-state index contributed by atoms with van der Waals surface area (Å²) in [6.45, 7) is 4.66. The van der Waals surface area contributed by atoms with Crippen molar-refractivity contribution < 1.29 is 4.74 Å². The largest absolute Gasteiger partial charge is 0.489 e. The van der Waals surface area contributed by atoms with Gasteiger partial charge in [0.15, 0.2) is 0 Å². The lowest BCUT2D eigenvalue weighted by atomic mass is 9.98. The normalized spacial score (nSPS) is 15.3. The standard InChI is InChI=1S/C20H24Cl2N2O/c21-18-5-4-17(20(22)11-18)14-25-19-3-1-2-16(10-19)13-24-12-15-6-8-23-9-7-15/h1-5,10-11,15,23-24H,6-9,12-14H2. The molecule has 1 heterocycles. The molecule has 2 aromatic carbocycles. The zero-order chi connectivity index (χ0) is 17.5. The molecule has 0 radical (unpaired) electrons. The summed E-state index contributed by atoms with van der Waals surface area (Å²) in [5, 5.41) is 8.24. The van der Waals surface area contributed by atoms with Crippen molar-refractivity contribution in [3.8, 4) is 5.75 Å². The van der Waals surface area contributed by atoms with Gasteiger partial charge in [-0.05, 0) is 68.2 Å². The Morgan fingerprint density at radius 2 is 1.92 bits per heavy atom. The Morgan fingerprint density at radius 3 is 2.72 bits per heavy atom. The van der Waals surface area contributed by atoms with Crippen LogP contribution in [-0.4, -0.2) is 19.6 Å². The van der Waals surface area contributed by atoms with Crippen molar-refractivity contribution in [3.05, 3.63) is 63.6 Å². The highest BCUT2D eigenvalue weighted by atomic mass is 35.5. The second-order valence-corrected chi connectivity index (χ2v) is 7.34. The van der Waals surface area contributed by atoms with Gasteiger partial charge >= 0.3 is 0 Å². The van der Waals surface area contributed by atoms with Gasteiger partial charge in [-0.3, -0.25) is 0 Å². The molecule has 0 amide bonds. The van der Waals surface area contributed by atoms with Crippen molar-refractivity contribution in [2.75, 3.05) is 19.6 Å². The van der Waals surface area contributed by atoms with Crippen LogP contribution in [-0.2, 0) is 13.2 Å². The number of hydrogen-bond donors (Lipinski definition) is 2. The van der Waals surface area contributed by atoms with Gasteiger partial charge in [0.2, 0.25) is 0 Å². The molecule has 2 aromatic rings. The SMILES string of the molecule is Clc1ccc(COc2cccc(CNCC3CCNCC3)c2)c(Cl)c1. The van der Waals surface area contributed by atoms with Crippen LogP contribution in [0.4, 0.5) is 0 Å². The molecular weight excluding hydrogens is 355 g/mol. The molecule has 5 heteroatoms. The van der Waals surface area contributed by atoms with Gasteiger partial charge in [0, 0.05) is 22.2 Å². The van der Waals surface area contributed by atoms with E-state index in [1.165, 1.54) is 18.4 Å². The molecule has 1 aliphatic rings. The zero-order valence-electron chi connectivity index (χ0n) is 14.2. The van der Waals surface area contributed by atoms with Crippen LogP contribution < -0.4 is 15.4 Å². The zero-order valence-corrected chi connectivity index (χ0v) is 15.7. The fourth-order valence-corrected chi connectivity index (χ4v) is 3.51. The quantitative estimate of drug-likeness (QED) is 0.734. The highest BCUT2D eigenvalue weighted by Gasteiger charge is 2.12. The molecule has 2 N–H and O–H groups in total. The number of ether oxygens (including phenoxy) is 1. The molecule has 1 aliphatic heterocycles. The van der Waals surface area contributed by atoms with Gasteiger partial charge < -0.3 is 15.4 Å². The summed E-state index contributed by atoms with van der Waals surface area (Å²) in [6.07, 6.45) is 2.52. The van der Waals surface area contributed by atoms with E-state index in [9.17, 15) is 0 Å². The Kier molecular flexibility index (Phi) is 7.00. The van der Waals surface area contributed by atoms with Crippen LogP contribution in [0.3, 0.4) is 0 Å². The maximum Gasteiger partial charge on any atom is 0.120 e. The average Bonchev–Trinajstić information content (AvgIpc) is 2.62. The summed E-state index contributed by atoms with van der Waals surface area (Å²) >= 11 is 12.1. The van der Waals surface area contributed by atoms with Gasteiger partial charge in [-0.15, -0.1) is 0 Å². The second-order valence-electron chi connectivity index (χ2n) is 6.50. The van der Waals surface area contributed by atoms with Crippen molar-refractivity contribution in [2.45, 2.75) is 26.0 Å². The Bertz CT molecular complexity index is 687. The average molecular weight is 379 g/mol. The highest BCUT2D eigenvalue weighted by molar-refractivity contribution is 6.35. The fourth-order valence-electron chi connectivity index (χ4n) is 3.05. The van der Waals surface area contributed by atoms with E-state index in [4.69, 9.17) is 27.9 Å². The third-order valence-electron chi connectivity index (χ3n) is 4.53.